The second-order valence-corrected chi connectivity index (χ2v) is 7.13. The van der Waals surface area contributed by atoms with Gasteiger partial charge >= 0.3 is 0 Å². The van der Waals surface area contributed by atoms with Crippen LogP contribution >= 0.6 is 0 Å². The van der Waals surface area contributed by atoms with Gasteiger partial charge in [0.2, 0.25) is 5.91 Å². The van der Waals surface area contributed by atoms with Crippen LogP contribution in [-0.2, 0) is 16.1 Å². The highest BCUT2D eigenvalue weighted by Crippen LogP contribution is 2.22. The minimum absolute atomic E-state index is 0.0114. The number of hydrogen-bond donors (Lipinski definition) is 2. The highest BCUT2D eigenvalue weighted by Gasteiger charge is 2.24. The van der Waals surface area contributed by atoms with Crippen LogP contribution in [0.1, 0.15) is 33.3 Å². The monoisotopic (exact) mass is 335 g/mol. The van der Waals surface area contributed by atoms with Crippen molar-refractivity contribution >= 4 is 11.8 Å². The Morgan fingerprint density at radius 2 is 1.83 bits per heavy atom. The first-order chi connectivity index (χ1) is 11.1. The summed E-state index contributed by atoms with van der Waals surface area (Å²) >= 11 is 0. The van der Waals surface area contributed by atoms with E-state index in [1.807, 2.05) is 19.2 Å². The van der Waals surface area contributed by atoms with Crippen LogP contribution in [0, 0.1) is 5.41 Å². The van der Waals surface area contributed by atoms with Gasteiger partial charge in [-0.25, -0.2) is 0 Å². The first-order valence-corrected chi connectivity index (χ1v) is 8.06. The van der Waals surface area contributed by atoms with Gasteiger partial charge in [0.1, 0.15) is 5.75 Å². The van der Waals surface area contributed by atoms with Crippen molar-refractivity contribution < 1.29 is 14.3 Å². The van der Waals surface area contributed by atoms with Crippen molar-refractivity contribution in [1.29, 1.82) is 0 Å². The maximum Gasteiger partial charge on any atom is 0.255 e. The predicted octanol–water partition coefficient (Wildman–Crippen LogP) is 1.53. The Morgan fingerprint density at radius 3 is 2.33 bits per heavy atom. The molecule has 0 saturated carbocycles. The second kappa shape index (κ2) is 8.68. The van der Waals surface area contributed by atoms with Crippen molar-refractivity contribution in [2.24, 2.45) is 11.1 Å². The lowest BCUT2D eigenvalue weighted by Gasteiger charge is -2.34. The molecule has 0 aromatic heterocycles. The number of amides is 2. The van der Waals surface area contributed by atoms with Crippen LogP contribution in [0.4, 0.5) is 0 Å². The minimum atomic E-state index is -0.514. The number of nitrogens with two attached hydrogens (primary N) is 1. The average Bonchev–Trinajstić information content (AvgIpc) is 2.50. The lowest BCUT2D eigenvalue weighted by molar-refractivity contribution is -0.123. The first kappa shape index (κ1) is 20.0. The summed E-state index contributed by atoms with van der Waals surface area (Å²) in [5, 5.41) is 2.91. The molecule has 6 nitrogen and oxygen atoms in total. The van der Waals surface area contributed by atoms with Crippen molar-refractivity contribution in [3.63, 3.8) is 0 Å². The predicted molar refractivity (Wildman–Crippen MR) is 94.5 cm³/mol. The van der Waals surface area contributed by atoms with Crippen molar-refractivity contribution in [3.05, 3.63) is 29.8 Å². The van der Waals surface area contributed by atoms with E-state index in [2.05, 4.69) is 37.9 Å². The molecule has 0 aliphatic carbocycles. The van der Waals surface area contributed by atoms with Gasteiger partial charge in [-0.1, -0.05) is 32.9 Å². The van der Waals surface area contributed by atoms with Crippen LogP contribution in [0.2, 0.25) is 0 Å². The number of nitrogens with zero attached hydrogens (tertiary/aromatic N) is 1. The molecule has 0 spiro atoms. The lowest BCUT2D eigenvalue weighted by atomic mass is 9.87. The molecule has 0 fully saturated rings. The lowest BCUT2D eigenvalue weighted by Crippen LogP contribution is -2.44. The van der Waals surface area contributed by atoms with E-state index in [0.717, 1.165) is 5.56 Å². The summed E-state index contributed by atoms with van der Waals surface area (Å²) in [6, 6.07) is 7.48. The van der Waals surface area contributed by atoms with Gasteiger partial charge < -0.3 is 15.8 Å². The highest BCUT2D eigenvalue weighted by molar-refractivity contribution is 5.78. The molecule has 6 heteroatoms. The molecule has 1 aromatic carbocycles. The molecule has 3 N–H and O–H groups in total. The van der Waals surface area contributed by atoms with Gasteiger partial charge in [0.15, 0.2) is 6.61 Å². The maximum absolute atomic E-state index is 12.1. The molecule has 1 atom stereocenters. The Balaban J connectivity index is 2.43. The second-order valence-electron chi connectivity index (χ2n) is 7.13. The average molecular weight is 335 g/mol. The molecule has 0 bridgehead atoms. The molecule has 0 aliphatic heterocycles. The number of primary amides is 1. The van der Waals surface area contributed by atoms with Crippen molar-refractivity contribution in [1.82, 2.24) is 10.2 Å². The van der Waals surface area contributed by atoms with E-state index >= 15 is 0 Å². The fourth-order valence-electron chi connectivity index (χ4n) is 2.14. The van der Waals surface area contributed by atoms with Gasteiger partial charge in [-0.05, 0) is 37.1 Å². The van der Waals surface area contributed by atoms with Gasteiger partial charge in [-0.15, -0.1) is 0 Å². The normalized spacial score (nSPS) is 12.8. The molecule has 1 rings (SSSR count). The molecule has 134 valence electrons. The van der Waals surface area contributed by atoms with E-state index in [9.17, 15) is 9.59 Å². The summed E-state index contributed by atoms with van der Waals surface area (Å²) in [7, 11) is 1.96. The number of nitrogens with one attached hydrogen (secondary N) is 1. The zero-order valence-electron chi connectivity index (χ0n) is 15.3. The van der Waals surface area contributed by atoms with Crippen LogP contribution in [0.15, 0.2) is 24.3 Å². The van der Waals surface area contributed by atoms with Gasteiger partial charge in [0, 0.05) is 12.6 Å². The third-order valence-electron chi connectivity index (χ3n) is 4.10. The molecule has 0 saturated heterocycles. The van der Waals surface area contributed by atoms with Crippen LogP contribution < -0.4 is 15.8 Å². The number of hydrogen-bond acceptors (Lipinski definition) is 4. The standard InChI is InChI=1S/C18H29N3O3/c1-13(18(2,3)4)21(5)11-17(23)20-10-14-6-8-15(9-7-14)24-12-16(19)22/h6-9,13H,10-12H2,1-5H3,(H2,19,22)(H,20,23)/t13-/m0/s1. The van der Waals surface area contributed by atoms with Crippen molar-refractivity contribution in [3.8, 4) is 5.75 Å². The van der Waals surface area contributed by atoms with E-state index in [1.165, 1.54) is 0 Å². The number of rotatable bonds is 8. The quantitative estimate of drug-likeness (QED) is 0.754. The maximum atomic E-state index is 12.1. The van der Waals surface area contributed by atoms with Gasteiger partial charge in [0.05, 0.1) is 6.54 Å². The minimum Gasteiger partial charge on any atom is -0.484 e. The van der Waals surface area contributed by atoms with Crippen LogP contribution in [0.5, 0.6) is 5.75 Å². The Morgan fingerprint density at radius 1 is 1.25 bits per heavy atom. The molecule has 0 heterocycles. The zero-order chi connectivity index (χ0) is 18.3. The molecule has 0 aliphatic rings. The molecule has 2 amide bonds. The van der Waals surface area contributed by atoms with E-state index in [1.54, 1.807) is 12.1 Å². The number of benzene rings is 1. The number of carbonyl (C=O) groups excluding carboxylic acids is 2. The van der Waals surface area contributed by atoms with Crippen molar-refractivity contribution in [2.75, 3.05) is 20.2 Å². The number of ether oxygens (including phenoxy) is 1. The summed E-state index contributed by atoms with van der Waals surface area (Å²) < 4.78 is 5.19. The van der Waals surface area contributed by atoms with Crippen LogP contribution in [0.3, 0.4) is 0 Å². The Kier molecular flexibility index (Phi) is 7.22. The fraction of sp³-hybridized carbons (Fsp3) is 0.556. The van der Waals surface area contributed by atoms with E-state index < -0.39 is 5.91 Å². The molecule has 24 heavy (non-hydrogen) atoms. The molecule has 1 aromatic rings. The summed E-state index contributed by atoms with van der Waals surface area (Å²) in [6.45, 7) is 9.27. The summed E-state index contributed by atoms with van der Waals surface area (Å²) in [5.41, 5.74) is 6.10. The Hall–Kier alpha value is -2.08. The molecular formula is C18H29N3O3. The van der Waals surface area contributed by atoms with E-state index in [-0.39, 0.29) is 17.9 Å². The van der Waals surface area contributed by atoms with Gasteiger partial charge in [-0.3, -0.25) is 14.5 Å². The number of carbonyl (C=O) groups is 2. The highest BCUT2D eigenvalue weighted by atomic mass is 16.5. The smallest absolute Gasteiger partial charge is 0.255 e. The Labute approximate surface area is 144 Å². The van der Waals surface area contributed by atoms with Gasteiger partial charge in [0.25, 0.3) is 5.91 Å². The number of likely N-dealkylation sites (N-methyl/N-ethyl adjacent to an activating group) is 1. The molecular weight excluding hydrogens is 306 g/mol. The molecule has 0 unspecified atom stereocenters. The van der Waals surface area contributed by atoms with Crippen LogP contribution in [0.25, 0.3) is 0 Å². The van der Waals surface area contributed by atoms with Crippen molar-refractivity contribution in [2.45, 2.75) is 40.3 Å². The van der Waals surface area contributed by atoms with Gasteiger partial charge in [-0.2, -0.15) is 0 Å². The molecule has 0 radical (unpaired) electrons. The SMILES string of the molecule is C[C@H](N(C)CC(=O)NCc1ccc(OCC(N)=O)cc1)C(C)(C)C. The summed E-state index contributed by atoms with van der Waals surface area (Å²) in [6.07, 6.45) is 0. The summed E-state index contributed by atoms with van der Waals surface area (Å²) in [4.78, 5) is 24.8. The third-order valence-corrected chi connectivity index (χ3v) is 4.10. The zero-order valence-corrected chi connectivity index (χ0v) is 15.3. The van der Waals surface area contributed by atoms with E-state index in [0.29, 0.717) is 24.9 Å². The largest absolute Gasteiger partial charge is 0.484 e. The van der Waals surface area contributed by atoms with E-state index in [4.69, 9.17) is 10.5 Å². The Bertz CT molecular complexity index is 550. The first-order valence-electron chi connectivity index (χ1n) is 8.06. The topological polar surface area (TPSA) is 84.7 Å². The van der Waals surface area contributed by atoms with Crippen LogP contribution in [-0.4, -0.2) is 43.0 Å². The fourth-order valence-corrected chi connectivity index (χ4v) is 2.14. The summed E-state index contributed by atoms with van der Waals surface area (Å²) in [5.74, 6) is 0.0465. The third kappa shape index (κ3) is 7.00.